The van der Waals surface area contributed by atoms with Crippen LogP contribution in [0, 0.1) is 5.82 Å². The Labute approximate surface area is 184 Å². The lowest BCUT2D eigenvalue weighted by Gasteiger charge is -2.09. The molecule has 0 atom stereocenters. The maximum atomic E-state index is 14.2. The van der Waals surface area contributed by atoms with E-state index in [1.54, 1.807) is 30.5 Å². The van der Waals surface area contributed by atoms with Crippen LogP contribution >= 0.6 is 0 Å². The Morgan fingerprint density at radius 1 is 1.09 bits per heavy atom. The van der Waals surface area contributed by atoms with E-state index in [0.29, 0.717) is 35.5 Å². The van der Waals surface area contributed by atoms with Gasteiger partial charge in [0.15, 0.2) is 0 Å². The minimum absolute atomic E-state index is 0.121. The molecule has 0 radical (unpaired) electrons. The highest BCUT2D eigenvalue weighted by atomic mass is 19.1. The van der Waals surface area contributed by atoms with E-state index >= 15 is 0 Å². The smallest absolute Gasteiger partial charge is 0.254 e. The number of benzene rings is 1. The summed E-state index contributed by atoms with van der Waals surface area (Å²) in [5, 5.41) is 7.17. The molecule has 1 aromatic carbocycles. The van der Waals surface area contributed by atoms with Crippen molar-refractivity contribution >= 4 is 5.91 Å². The fraction of sp³-hybridized carbons (Fsp3) is 0.174. The summed E-state index contributed by atoms with van der Waals surface area (Å²) in [4.78, 5) is 25.7. The van der Waals surface area contributed by atoms with Crippen LogP contribution in [0.1, 0.15) is 21.7 Å². The number of hydrogen-bond acceptors (Lipinski definition) is 6. The van der Waals surface area contributed by atoms with Gasteiger partial charge in [-0.15, -0.1) is 0 Å². The van der Waals surface area contributed by atoms with Gasteiger partial charge in [-0.1, -0.05) is 18.2 Å². The molecule has 0 unspecified atom stereocenters. The molecule has 3 aromatic heterocycles. The molecule has 162 valence electrons. The lowest BCUT2D eigenvalue weighted by molar-refractivity contribution is 0.0948. The number of nitrogens with zero attached hydrogens (tertiary/aromatic N) is 5. The molecular formula is C23H21FN6O2. The molecular weight excluding hydrogens is 411 g/mol. The quantitative estimate of drug-likeness (QED) is 0.460. The molecule has 4 aromatic rings. The van der Waals surface area contributed by atoms with Crippen molar-refractivity contribution in [2.75, 3.05) is 13.7 Å². The third-order valence-electron chi connectivity index (χ3n) is 4.77. The summed E-state index contributed by atoms with van der Waals surface area (Å²) in [6, 6.07) is 13.6. The van der Waals surface area contributed by atoms with Gasteiger partial charge in [0, 0.05) is 43.7 Å². The molecule has 3 heterocycles. The summed E-state index contributed by atoms with van der Waals surface area (Å²) in [6.45, 7) is 0.545. The second-order valence-corrected chi connectivity index (χ2v) is 6.90. The summed E-state index contributed by atoms with van der Waals surface area (Å²) >= 11 is 0. The Kier molecular flexibility index (Phi) is 6.57. The van der Waals surface area contributed by atoms with Crippen LogP contribution in [0.3, 0.4) is 0 Å². The Morgan fingerprint density at radius 2 is 1.94 bits per heavy atom. The van der Waals surface area contributed by atoms with E-state index in [1.807, 2.05) is 18.2 Å². The van der Waals surface area contributed by atoms with Crippen molar-refractivity contribution in [3.8, 4) is 17.2 Å². The molecule has 0 aliphatic carbocycles. The van der Waals surface area contributed by atoms with Crippen molar-refractivity contribution in [3.05, 3.63) is 89.9 Å². The topological polar surface area (TPSA) is 94.8 Å². The van der Waals surface area contributed by atoms with Crippen LogP contribution in [0.4, 0.5) is 4.39 Å². The number of pyridine rings is 1. The SMILES string of the molecule is COCc1c(C(=O)NCCc2ccccn2)cnn1-c1nccc(-c2ccccc2F)n1. The maximum absolute atomic E-state index is 14.2. The van der Waals surface area contributed by atoms with Gasteiger partial charge >= 0.3 is 0 Å². The number of halogens is 1. The highest BCUT2D eigenvalue weighted by Gasteiger charge is 2.20. The molecule has 0 saturated carbocycles. The van der Waals surface area contributed by atoms with Gasteiger partial charge in [0.05, 0.1) is 29.8 Å². The predicted octanol–water partition coefficient (Wildman–Crippen LogP) is 2.98. The molecule has 8 nitrogen and oxygen atoms in total. The largest absolute Gasteiger partial charge is 0.378 e. The Morgan fingerprint density at radius 3 is 2.72 bits per heavy atom. The van der Waals surface area contributed by atoms with Crippen molar-refractivity contribution in [1.82, 2.24) is 30.0 Å². The first-order valence-electron chi connectivity index (χ1n) is 9.99. The minimum atomic E-state index is -0.386. The van der Waals surface area contributed by atoms with Crippen molar-refractivity contribution < 1.29 is 13.9 Å². The van der Waals surface area contributed by atoms with Gasteiger partial charge in [-0.05, 0) is 30.3 Å². The summed E-state index contributed by atoms with van der Waals surface area (Å²) in [5.41, 5.74) is 2.50. The van der Waals surface area contributed by atoms with Crippen molar-refractivity contribution in [3.63, 3.8) is 0 Å². The van der Waals surface area contributed by atoms with Gasteiger partial charge in [-0.2, -0.15) is 9.78 Å². The molecule has 0 aliphatic rings. The van der Waals surface area contributed by atoms with Crippen LogP contribution in [0.2, 0.25) is 0 Å². The average Bonchev–Trinajstić information content (AvgIpc) is 3.24. The maximum Gasteiger partial charge on any atom is 0.254 e. The lowest BCUT2D eigenvalue weighted by Crippen LogP contribution is -2.27. The van der Waals surface area contributed by atoms with Gasteiger partial charge < -0.3 is 10.1 Å². The van der Waals surface area contributed by atoms with Crippen LogP contribution < -0.4 is 5.32 Å². The third kappa shape index (κ3) is 4.68. The summed E-state index contributed by atoms with van der Waals surface area (Å²) in [7, 11) is 1.52. The number of rotatable bonds is 8. The molecule has 32 heavy (non-hydrogen) atoms. The number of nitrogens with one attached hydrogen (secondary N) is 1. The minimum Gasteiger partial charge on any atom is -0.378 e. The molecule has 0 aliphatic heterocycles. The highest BCUT2D eigenvalue weighted by molar-refractivity contribution is 5.95. The molecule has 4 rings (SSSR count). The van der Waals surface area contributed by atoms with Crippen molar-refractivity contribution in [2.45, 2.75) is 13.0 Å². The number of aromatic nitrogens is 5. The first kappa shape index (κ1) is 21.3. The van der Waals surface area contributed by atoms with E-state index in [-0.39, 0.29) is 24.3 Å². The molecule has 9 heteroatoms. The van der Waals surface area contributed by atoms with Gasteiger partial charge in [-0.3, -0.25) is 9.78 Å². The second-order valence-electron chi connectivity index (χ2n) is 6.90. The third-order valence-corrected chi connectivity index (χ3v) is 4.77. The number of carbonyl (C=O) groups is 1. The second kappa shape index (κ2) is 9.88. The number of carbonyl (C=O) groups excluding carboxylic acids is 1. The van der Waals surface area contributed by atoms with Crippen molar-refractivity contribution in [2.24, 2.45) is 0 Å². The molecule has 0 bridgehead atoms. The average molecular weight is 432 g/mol. The number of methoxy groups -OCH3 is 1. The molecule has 1 N–H and O–H groups in total. The van der Waals surface area contributed by atoms with E-state index in [2.05, 4.69) is 25.4 Å². The first-order valence-corrected chi connectivity index (χ1v) is 9.99. The van der Waals surface area contributed by atoms with Gasteiger partial charge in [0.2, 0.25) is 0 Å². The predicted molar refractivity (Wildman–Crippen MR) is 116 cm³/mol. The van der Waals surface area contributed by atoms with Crippen LogP contribution in [0.15, 0.2) is 67.1 Å². The molecule has 0 spiro atoms. The first-order chi connectivity index (χ1) is 15.7. The van der Waals surface area contributed by atoms with E-state index in [0.717, 1.165) is 5.69 Å². The molecule has 1 amide bonds. The van der Waals surface area contributed by atoms with Gasteiger partial charge in [0.25, 0.3) is 11.9 Å². The van der Waals surface area contributed by atoms with Gasteiger partial charge in [0.1, 0.15) is 5.82 Å². The standard InChI is InChI=1S/C23H21FN6O2/c1-32-15-21-18(22(31)26-12-9-16-6-4-5-11-25-16)14-28-30(21)23-27-13-10-20(29-23)17-7-2-3-8-19(17)24/h2-8,10-11,13-14H,9,12,15H2,1H3,(H,26,31). The Bertz CT molecular complexity index is 1210. The normalized spacial score (nSPS) is 10.8. The highest BCUT2D eigenvalue weighted by Crippen LogP contribution is 2.21. The van der Waals surface area contributed by atoms with E-state index in [1.165, 1.54) is 30.3 Å². The zero-order chi connectivity index (χ0) is 22.3. The van der Waals surface area contributed by atoms with E-state index in [9.17, 15) is 9.18 Å². The summed E-state index contributed by atoms with van der Waals surface area (Å²) in [5.74, 6) is -0.461. The van der Waals surface area contributed by atoms with Gasteiger partial charge in [-0.25, -0.2) is 14.4 Å². The van der Waals surface area contributed by atoms with Crippen LogP contribution in [0.25, 0.3) is 17.2 Å². The molecule has 0 saturated heterocycles. The zero-order valence-electron chi connectivity index (χ0n) is 17.4. The Balaban J connectivity index is 1.57. The number of hydrogen-bond donors (Lipinski definition) is 1. The Hall–Kier alpha value is -3.98. The fourth-order valence-corrected chi connectivity index (χ4v) is 3.23. The summed E-state index contributed by atoms with van der Waals surface area (Å²) in [6.07, 6.45) is 5.29. The fourth-order valence-electron chi connectivity index (χ4n) is 3.23. The van der Waals surface area contributed by atoms with E-state index < -0.39 is 0 Å². The monoisotopic (exact) mass is 432 g/mol. The summed E-state index contributed by atoms with van der Waals surface area (Å²) < 4.78 is 20.9. The van der Waals surface area contributed by atoms with E-state index in [4.69, 9.17) is 4.74 Å². The van der Waals surface area contributed by atoms with Crippen molar-refractivity contribution in [1.29, 1.82) is 0 Å². The lowest BCUT2D eigenvalue weighted by atomic mass is 10.1. The van der Waals surface area contributed by atoms with Crippen LogP contribution in [-0.2, 0) is 17.8 Å². The van der Waals surface area contributed by atoms with Crippen LogP contribution in [-0.4, -0.2) is 44.3 Å². The number of amides is 1. The van der Waals surface area contributed by atoms with Crippen LogP contribution in [0.5, 0.6) is 0 Å². The molecule has 0 fully saturated rings. The zero-order valence-corrected chi connectivity index (χ0v) is 17.4. The number of ether oxygens (including phenoxy) is 1.